The molecule has 2 aromatic carbocycles. The van der Waals surface area contributed by atoms with Crippen molar-refractivity contribution in [3.63, 3.8) is 0 Å². The number of nitrogens with one attached hydrogen (secondary N) is 1. The lowest BCUT2D eigenvalue weighted by atomic mass is 9.76. The molecule has 45 heavy (non-hydrogen) atoms. The zero-order chi connectivity index (χ0) is 31.3. The normalized spacial score (nSPS) is 25.2. The lowest BCUT2D eigenvalue weighted by molar-refractivity contribution is -0.384. The first-order valence-corrected chi connectivity index (χ1v) is 16.0. The van der Waals surface area contributed by atoms with Crippen LogP contribution in [-0.2, 0) is 9.59 Å². The second kappa shape index (κ2) is 11.6. The minimum absolute atomic E-state index is 0.104. The highest BCUT2D eigenvalue weighted by atomic mass is 16.6. The Bertz CT molecular complexity index is 1540. The number of carbonyl (C=O) groups is 4. The lowest BCUT2D eigenvalue weighted by Gasteiger charge is -2.41. The number of piperidine rings is 2. The Morgan fingerprint density at radius 2 is 1.47 bits per heavy atom. The fraction of sp³-hybridized carbons (Fsp3) is 0.515. The number of nitrogens with zero attached hydrogens (tertiary/aromatic N) is 5. The predicted molar refractivity (Wildman–Crippen MR) is 166 cm³/mol. The van der Waals surface area contributed by atoms with Gasteiger partial charge in [0.2, 0.25) is 11.8 Å². The van der Waals surface area contributed by atoms with Gasteiger partial charge in [-0.3, -0.25) is 44.4 Å². The molecule has 1 spiro atoms. The summed E-state index contributed by atoms with van der Waals surface area (Å²) in [5.74, 6) is -1.23. The van der Waals surface area contributed by atoms with Crippen molar-refractivity contribution in [2.75, 3.05) is 55.6 Å². The number of rotatable bonds is 6. The molecule has 4 heterocycles. The lowest BCUT2D eigenvalue weighted by Crippen LogP contribution is -2.54. The minimum atomic E-state index is -0.956. The summed E-state index contributed by atoms with van der Waals surface area (Å²) in [4.78, 5) is 69.1. The van der Waals surface area contributed by atoms with Gasteiger partial charge in [-0.05, 0) is 80.2 Å². The third-order valence-electron chi connectivity index (χ3n) is 10.7. The number of nitro groups is 1. The first kappa shape index (κ1) is 29.4. The van der Waals surface area contributed by atoms with E-state index in [9.17, 15) is 29.3 Å². The molecule has 4 amide bonds. The molecule has 1 N–H and O–H groups in total. The van der Waals surface area contributed by atoms with Crippen molar-refractivity contribution in [1.29, 1.82) is 0 Å². The molecular formula is C33H38N6O6. The SMILES string of the molecule is O=C1CCC(N2C(=O)c3ccc(N4CCC5(CCC(CN6CCN(c7ccc([N+](=O)[O-])cc7)CC6)C5)CC4)cc3C2=O)C(=O)N1. The molecule has 1 aliphatic carbocycles. The fourth-order valence-corrected chi connectivity index (χ4v) is 8.17. The molecular weight excluding hydrogens is 576 g/mol. The van der Waals surface area contributed by atoms with Crippen molar-refractivity contribution in [1.82, 2.24) is 15.1 Å². The molecule has 0 radical (unpaired) electrons. The maximum absolute atomic E-state index is 13.3. The number of nitro benzene ring substituents is 1. The van der Waals surface area contributed by atoms with Crippen LogP contribution in [0.25, 0.3) is 0 Å². The number of hydrogen-bond donors (Lipinski definition) is 1. The van der Waals surface area contributed by atoms with Gasteiger partial charge in [-0.25, -0.2) is 0 Å². The summed E-state index contributed by atoms with van der Waals surface area (Å²) in [5.41, 5.74) is 3.09. The van der Waals surface area contributed by atoms with Crippen LogP contribution < -0.4 is 15.1 Å². The molecule has 236 valence electrons. The Balaban J connectivity index is 0.911. The maximum atomic E-state index is 13.3. The van der Waals surface area contributed by atoms with Gasteiger partial charge in [0, 0.05) is 75.7 Å². The second-order valence-corrected chi connectivity index (χ2v) is 13.3. The van der Waals surface area contributed by atoms with Crippen molar-refractivity contribution in [3.8, 4) is 0 Å². The van der Waals surface area contributed by atoms with Gasteiger partial charge in [-0.1, -0.05) is 0 Å². The molecule has 5 aliphatic rings. The first-order chi connectivity index (χ1) is 21.7. The van der Waals surface area contributed by atoms with Crippen LogP contribution in [0.15, 0.2) is 42.5 Å². The van der Waals surface area contributed by atoms with E-state index >= 15 is 0 Å². The Morgan fingerprint density at radius 3 is 2.16 bits per heavy atom. The van der Waals surface area contributed by atoms with Gasteiger partial charge < -0.3 is 9.80 Å². The van der Waals surface area contributed by atoms with Gasteiger partial charge in [0.15, 0.2) is 0 Å². The Morgan fingerprint density at radius 1 is 0.800 bits per heavy atom. The topological polar surface area (TPSA) is 136 Å². The highest BCUT2D eigenvalue weighted by Gasteiger charge is 2.46. The van der Waals surface area contributed by atoms with Crippen LogP contribution in [0.5, 0.6) is 0 Å². The van der Waals surface area contributed by atoms with E-state index in [2.05, 4.69) is 20.0 Å². The molecule has 3 saturated heterocycles. The molecule has 12 nitrogen and oxygen atoms in total. The Hall–Kier alpha value is -4.32. The summed E-state index contributed by atoms with van der Waals surface area (Å²) >= 11 is 0. The van der Waals surface area contributed by atoms with E-state index < -0.39 is 23.8 Å². The van der Waals surface area contributed by atoms with Crippen LogP contribution in [-0.4, -0.2) is 90.2 Å². The molecule has 7 rings (SSSR count). The van der Waals surface area contributed by atoms with E-state index in [0.29, 0.717) is 22.5 Å². The summed E-state index contributed by atoms with van der Waals surface area (Å²) in [6, 6.07) is 11.3. The molecule has 2 unspecified atom stereocenters. The highest BCUT2D eigenvalue weighted by molar-refractivity contribution is 6.23. The number of benzene rings is 2. The van der Waals surface area contributed by atoms with Gasteiger partial charge in [0.25, 0.3) is 17.5 Å². The summed E-state index contributed by atoms with van der Waals surface area (Å²) < 4.78 is 0. The number of imide groups is 2. The number of carbonyl (C=O) groups excluding carboxylic acids is 4. The van der Waals surface area contributed by atoms with Crippen molar-refractivity contribution < 1.29 is 24.1 Å². The summed E-state index contributed by atoms with van der Waals surface area (Å²) in [6.07, 6.45) is 6.18. The maximum Gasteiger partial charge on any atom is 0.269 e. The number of hydrogen-bond acceptors (Lipinski definition) is 9. The number of non-ortho nitro benzene ring substituents is 1. The van der Waals surface area contributed by atoms with Crippen LogP contribution in [0, 0.1) is 21.4 Å². The van der Waals surface area contributed by atoms with Crippen LogP contribution in [0.1, 0.15) is 65.7 Å². The standard InChI is InChI=1S/C33H38N6O6/c40-29-8-7-28(30(41)34-29)38-31(42)26-6-5-25(19-27(26)32(38)43)36-13-11-33(12-14-36)10-9-22(20-33)21-35-15-17-37(18-16-35)23-1-3-24(4-2-23)39(44)45/h1-6,19,22,28H,7-18,20-21H2,(H,34,40,41). The molecule has 12 heteroatoms. The largest absolute Gasteiger partial charge is 0.371 e. The van der Waals surface area contributed by atoms with Gasteiger partial charge in [-0.2, -0.15) is 0 Å². The van der Waals surface area contributed by atoms with E-state index in [4.69, 9.17) is 0 Å². The van der Waals surface area contributed by atoms with Crippen molar-refractivity contribution in [2.24, 2.45) is 11.3 Å². The van der Waals surface area contributed by atoms with Crippen molar-refractivity contribution in [3.05, 3.63) is 63.7 Å². The van der Waals surface area contributed by atoms with Gasteiger partial charge in [0.1, 0.15) is 6.04 Å². The molecule has 4 fully saturated rings. The molecule has 2 aromatic rings. The Kier molecular flexibility index (Phi) is 7.55. The number of fused-ring (bicyclic) bond motifs is 1. The molecule has 4 aliphatic heterocycles. The summed E-state index contributed by atoms with van der Waals surface area (Å²) in [5, 5.41) is 13.2. The number of amides is 4. The van der Waals surface area contributed by atoms with Gasteiger partial charge in [0.05, 0.1) is 16.1 Å². The summed E-state index contributed by atoms with van der Waals surface area (Å²) in [7, 11) is 0. The average molecular weight is 615 g/mol. The van der Waals surface area contributed by atoms with Crippen molar-refractivity contribution in [2.45, 2.75) is 51.0 Å². The zero-order valence-corrected chi connectivity index (χ0v) is 25.3. The van der Waals surface area contributed by atoms with Crippen LogP contribution >= 0.6 is 0 Å². The monoisotopic (exact) mass is 614 g/mol. The van der Waals surface area contributed by atoms with E-state index in [1.165, 1.54) is 19.3 Å². The van der Waals surface area contributed by atoms with Crippen LogP contribution in [0.2, 0.25) is 0 Å². The van der Waals surface area contributed by atoms with E-state index in [1.807, 2.05) is 18.2 Å². The van der Waals surface area contributed by atoms with E-state index in [1.54, 1.807) is 24.3 Å². The van der Waals surface area contributed by atoms with Crippen molar-refractivity contribution >= 4 is 40.7 Å². The quantitative estimate of drug-likeness (QED) is 0.296. The zero-order valence-electron chi connectivity index (χ0n) is 25.3. The van der Waals surface area contributed by atoms with E-state index in [0.717, 1.165) is 74.9 Å². The minimum Gasteiger partial charge on any atom is -0.371 e. The molecule has 0 bridgehead atoms. The number of piperazine rings is 1. The third kappa shape index (κ3) is 5.56. The first-order valence-electron chi connectivity index (χ1n) is 16.0. The number of anilines is 2. The third-order valence-corrected chi connectivity index (χ3v) is 10.7. The van der Waals surface area contributed by atoms with E-state index in [-0.39, 0.29) is 29.4 Å². The second-order valence-electron chi connectivity index (χ2n) is 13.3. The highest BCUT2D eigenvalue weighted by Crippen LogP contribution is 2.49. The molecule has 1 saturated carbocycles. The summed E-state index contributed by atoms with van der Waals surface area (Å²) in [6.45, 7) is 6.75. The predicted octanol–water partition coefficient (Wildman–Crippen LogP) is 3.20. The van der Waals surface area contributed by atoms with Crippen LogP contribution in [0.4, 0.5) is 17.1 Å². The fourth-order valence-electron chi connectivity index (χ4n) is 8.17. The Labute approximate surface area is 261 Å². The molecule has 2 atom stereocenters. The smallest absolute Gasteiger partial charge is 0.269 e. The molecule has 0 aromatic heterocycles. The van der Waals surface area contributed by atoms with Gasteiger partial charge in [-0.15, -0.1) is 0 Å². The van der Waals surface area contributed by atoms with Crippen LogP contribution in [0.3, 0.4) is 0 Å². The van der Waals surface area contributed by atoms with Gasteiger partial charge >= 0.3 is 0 Å². The average Bonchev–Trinajstić information content (AvgIpc) is 3.54.